The van der Waals surface area contributed by atoms with E-state index in [0.29, 0.717) is 6.04 Å². The molecule has 1 unspecified atom stereocenters. The second kappa shape index (κ2) is 6.34. The Balaban J connectivity index is 1.70. The van der Waals surface area contributed by atoms with Crippen molar-refractivity contribution in [3.63, 3.8) is 0 Å². The molecule has 2 heterocycles. The van der Waals surface area contributed by atoms with Crippen molar-refractivity contribution >= 4 is 0 Å². The molecule has 0 bridgehead atoms. The van der Waals surface area contributed by atoms with Crippen molar-refractivity contribution in [3.8, 4) is 0 Å². The summed E-state index contributed by atoms with van der Waals surface area (Å²) in [4.78, 5) is 0. The fraction of sp³-hybridized carbons (Fsp3) is 0.786. The predicted molar refractivity (Wildman–Crippen MR) is 72.9 cm³/mol. The molecule has 2 rings (SSSR count). The molecule has 0 spiro atoms. The van der Waals surface area contributed by atoms with Crippen LogP contribution in [0.5, 0.6) is 0 Å². The zero-order valence-corrected chi connectivity index (χ0v) is 11.8. The Morgan fingerprint density at radius 1 is 1.39 bits per heavy atom. The van der Waals surface area contributed by atoms with Gasteiger partial charge in [0.1, 0.15) is 0 Å². The van der Waals surface area contributed by atoms with Gasteiger partial charge in [0.05, 0.1) is 12.3 Å². The molecule has 1 fully saturated rings. The van der Waals surface area contributed by atoms with Crippen LogP contribution < -0.4 is 5.32 Å². The highest BCUT2D eigenvalue weighted by atomic mass is 16.5. The van der Waals surface area contributed by atoms with E-state index in [0.717, 1.165) is 38.4 Å². The number of aromatic nitrogens is 2. The van der Waals surface area contributed by atoms with Crippen LogP contribution in [0.25, 0.3) is 0 Å². The number of nitrogens with one attached hydrogen (secondary N) is 1. The molecule has 1 saturated heterocycles. The van der Waals surface area contributed by atoms with Crippen LogP contribution in [-0.4, -0.2) is 35.6 Å². The van der Waals surface area contributed by atoms with Gasteiger partial charge < -0.3 is 10.1 Å². The highest BCUT2D eigenvalue weighted by molar-refractivity contribution is 5.21. The summed E-state index contributed by atoms with van der Waals surface area (Å²) in [7, 11) is 0. The molecule has 0 radical (unpaired) electrons. The topological polar surface area (TPSA) is 39.1 Å². The van der Waals surface area contributed by atoms with E-state index < -0.39 is 0 Å². The molecule has 18 heavy (non-hydrogen) atoms. The zero-order valence-electron chi connectivity index (χ0n) is 11.8. The minimum absolute atomic E-state index is 0.556. The smallest absolute Gasteiger partial charge is 0.0625 e. The maximum atomic E-state index is 5.46. The van der Waals surface area contributed by atoms with Gasteiger partial charge in [0.2, 0.25) is 0 Å². The van der Waals surface area contributed by atoms with Crippen molar-refractivity contribution in [3.05, 3.63) is 17.0 Å². The largest absolute Gasteiger partial charge is 0.380 e. The summed E-state index contributed by atoms with van der Waals surface area (Å²) >= 11 is 0. The molecule has 1 N–H and O–H groups in total. The maximum absolute atomic E-state index is 5.46. The molecule has 1 aliphatic heterocycles. The Labute approximate surface area is 110 Å². The van der Waals surface area contributed by atoms with Crippen LogP contribution in [0.15, 0.2) is 0 Å². The number of hydrogen-bond donors (Lipinski definition) is 1. The van der Waals surface area contributed by atoms with Crippen LogP contribution >= 0.6 is 0 Å². The Morgan fingerprint density at radius 2 is 2.22 bits per heavy atom. The number of ether oxygens (including phenoxy) is 1. The van der Waals surface area contributed by atoms with Gasteiger partial charge in [-0.3, -0.25) is 4.68 Å². The first-order valence-corrected chi connectivity index (χ1v) is 7.00. The van der Waals surface area contributed by atoms with Crippen LogP contribution in [0, 0.1) is 20.8 Å². The van der Waals surface area contributed by atoms with Crippen LogP contribution in [-0.2, 0) is 11.3 Å². The second-order valence-electron chi connectivity index (χ2n) is 5.24. The number of hydrogen-bond acceptors (Lipinski definition) is 3. The van der Waals surface area contributed by atoms with Gasteiger partial charge in [-0.15, -0.1) is 0 Å². The lowest BCUT2D eigenvalue weighted by Gasteiger charge is -2.23. The predicted octanol–water partition coefficient (Wildman–Crippen LogP) is 1.97. The Morgan fingerprint density at radius 3 is 2.83 bits per heavy atom. The maximum Gasteiger partial charge on any atom is 0.0625 e. The van der Waals surface area contributed by atoms with E-state index in [2.05, 4.69) is 35.9 Å². The first-order chi connectivity index (χ1) is 8.68. The van der Waals surface area contributed by atoms with E-state index in [9.17, 15) is 0 Å². The Bertz CT molecular complexity index is 381. The summed E-state index contributed by atoms with van der Waals surface area (Å²) < 4.78 is 7.58. The lowest BCUT2D eigenvalue weighted by Crippen LogP contribution is -2.37. The monoisotopic (exact) mass is 251 g/mol. The van der Waals surface area contributed by atoms with Gasteiger partial charge in [0, 0.05) is 24.9 Å². The molecule has 0 aromatic carbocycles. The summed E-state index contributed by atoms with van der Waals surface area (Å²) in [5.74, 6) is 0. The van der Waals surface area contributed by atoms with Crippen LogP contribution in [0.1, 0.15) is 36.2 Å². The quantitative estimate of drug-likeness (QED) is 0.813. The molecule has 1 aliphatic rings. The highest BCUT2D eigenvalue weighted by Crippen LogP contribution is 2.11. The van der Waals surface area contributed by atoms with Crippen molar-refractivity contribution in [2.45, 2.75) is 52.6 Å². The van der Waals surface area contributed by atoms with Gasteiger partial charge in [-0.05, 0) is 52.1 Å². The molecule has 0 amide bonds. The molecular weight excluding hydrogens is 226 g/mol. The number of aryl methyl sites for hydroxylation is 2. The van der Waals surface area contributed by atoms with Crippen LogP contribution in [0.4, 0.5) is 0 Å². The van der Waals surface area contributed by atoms with E-state index in [4.69, 9.17) is 4.74 Å². The first kappa shape index (κ1) is 13.6. The van der Waals surface area contributed by atoms with E-state index in [1.54, 1.807) is 0 Å². The molecular formula is C14H25N3O. The van der Waals surface area contributed by atoms with Gasteiger partial charge >= 0.3 is 0 Å². The minimum Gasteiger partial charge on any atom is -0.380 e. The average molecular weight is 251 g/mol. The summed E-state index contributed by atoms with van der Waals surface area (Å²) in [6, 6.07) is 0.556. The molecule has 0 aliphatic carbocycles. The summed E-state index contributed by atoms with van der Waals surface area (Å²) in [5, 5.41) is 8.12. The van der Waals surface area contributed by atoms with Gasteiger partial charge in [0.25, 0.3) is 0 Å². The Hall–Kier alpha value is -0.870. The SMILES string of the molecule is Cc1nn(CCCNC2CCCOC2)c(C)c1C. The summed E-state index contributed by atoms with van der Waals surface area (Å²) in [6.45, 7) is 10.2. The van der Waals surface area contributed by atoms with E-state index in [-0.39, 0.29) is 0 Å². The fourth-order valence-corrected chi connectivity index (χ4v) is 2.44. The summed E-state index contributed by atoms with van der Waals surface area (Å²) in [6.07, 6.45) is 3.56. The molecule has 1 atom stereocenters. The van der Waals surface area contributed by atoms with E-state index >= 15 is 0 Å². The lowest BCUT2D eigenvalue weighted by atomic mass is 10.1. The van der Waals surface area contributed by atoms with Crippen molar-refractivity contribution in [2.24, 2.45) is 0 Å². The van der Waals surface area contributed by atoms with Crippen LogP contribution in [0.2, 0.25) is 0 Å². The average Bonchev–Trinajstić information content (AvgIpc) is 2.64. The number of rotatable bonds is 5. The molecule has 4 heteroatoms. The second-order valence-corrected chi connectivity index (χ2v) is 5.24. The lowest BCUT2D eigenvalue weighted by molar-refractivity contribution is 0.0704. The normalized spacial score (nSPS) is 20.3. The summed E-state index contributed by atoms with van der Waals surface area (Å²) in [5.41, 5.74) is 3.78. The third-order valence-electron chi connectivity index (χ3n) is 3.88. The molecule has 102 valence electrons. The standard InChI is InChI=1S/C14H25N3O/c1-11-12(2)16-17(13(11)3)8-5-7-15-14-6-4-9-18-10-14/h14-15H,4-10H2,1-3H3. The molecule has 4 nitrogen and oxygen atoms in total. The van der Waals surface area contributed by atoms with Crippen LogP contribution in [0.3, 0.4) is 0 Å². The zero-order chi connectivity index (χ0) is 13.0. The highest BCUT2D eigenvalue weighted by Gasteiger charge is 2.12. The third-order valence-corrected chi connectivity index (χ3v) is 3.88. The first-order valence-electron chi connectivity index (χ1n) is 7.00. The molecule has 1 aromatic heterocycles. The van der Waals surface area contributed by atoms with Crippen molar-refractivity contribution in [2.75, 3.05) is 19.8 Å². The fourth-order valence-electron chi connectivity index (χ4n) is 2.44. The van der Waals surface area contributed by atoms with Gasteiger partial charge in [-0.25, -0.2) is 0 Å². The Kier molecular flexibility index (Phi) is 4.78. The van der Waals surface area contributed by atoms with Gasteiger partial charge in [-0.2, -0.15) is 5.10 Å². The molecule has 1 aromatic rings. The number of nitrogens with zero attached hydrogens (tertiary/aromatic N) is 2. The van der Waals surface area contributed by atoms with Gasteiger partial charge in [-0.1, -0.05) is 0 Å². The van der Waals surface area contributed by atoms with Gasteiger partial charge in [0.15, 0.2) is 0 Å². The van der Waals surface area contributed by atoms with E-state index in [1.807, 2.05) is 0 Å². The minimum atomic E-state index is 0.556. The van der Waals surface area contributed by atoms with E-state index in [1.165, 1.54) is 24.1 Å². The molecule has 0 saturated carbocycles. The van der Waals surface area contributed by atoms with Crippen molar-refractivity contribution in [1.29, 1.82) is 0 Å². The van der Waals surface area contributed by atoms with Crippen molar-refractivity contribution < 1.29 is 4.74 Å². The third kappa shape index (κ3) is 3.33. The van der Waals surface area contributed by atoms with Crippen molar-refractivity contribution in [1.82, 2.24) is 15.1 Å².